The largest absolute Gasteiger partial charge is 0.328 e. The summed E-state index contributed by atoms with van der Waals surface area (Å²) in [5, 5.41) is 0. The Morgan fingerprint density at radius 3 is 2.37 bits per heavy atom. The number of carbonyl (C=O) groups is 1. The Morgan fingerprint density at radius 2 is 1.79 bits per heavy atom. The van der Waals surface area contributed by atoms with E-state index in [0.717, 1.165) is 18.5 Å². The van der Waals surface area contributed by atoms with Crippen molar-refractivity contribution in [3.05, 3.63) is 47.0 Å². The van der Waals surface area contributed by atoms with Gasteiger partial charge in [0.05, 0.1) is 6.04 Å². The number of rotatable bonds is 4. The standard InChI is InChI=1S/C17H23NO/c1-12(2)10-16-11-18(17(19)13(16)3)14(4)15-8-6-5-7-9-15/h5-9,12,14H,10-11H2,1-4H3. The fraction of sp³-hybridized carbons (Fsp3) is 0.471. The fourth-order valence-electron chi connectivity index (χ4n) is 2.70. The first-order valence-electron chi connectivity index (χ1n) is 7.05. The minimum absolute atomic E-state index is 0.147. The summed E-state index contributed by atoms with van der Waals surface area (Å²) in [6.07, 6.45) is 1.02. The molecule has 2 rings (SSSR count). The van der Waals surface area contributed by atoms with Gasteiger partial charge in [0.2, 0.25) is 5.91 Å². The van der Waals surface area contributed by atoms with Crippen LogP contribution in [0.25, 0.3) is 0 Å². The zero-order valence-corrected chi connectivity index (χ0v) is 12.3. The molecule has 2 heteroatoms. The summed E-state index contributed by atoms with van der Waals surface area (Å²) in [5.74, 6) is 0.803. The summed E-state index contributed by atoms with van der Waals surface area (Å²) < 4.78 is 0. The Bertz CT molecular complexity index is 487. The minimum Gasteiger partial charge on any atom is -0.328 e. The lowest BCUT2D eigenvalue weighted by Crippen LogP contribution is -2.30. The molecule has 0 N–H and O–H groups in total. The normalized spacial score (nSPS) is 17.5. The van der Waals surface area contributed by atoms with Gasteiger partial charge in [-0.15, -0.1) is 0 Å². The highest BCUT2D eigenvalue weighted by atomic mass is 16.2. The summed E-state index contributed by atoms with van der Waals surface area (Å²) in [4.78, 5) is 14.4. The molecule has 1 aliphatic rings. The fourth-order valence-corrected chi connectivity index (χ4v) is 2.70. The van der Waals surface area contributed by atoms with Gasteiger partial charge in [-0.2, -0.15) is 0 Å². The van der Waals surface area contributed by atoms with Crippen LogP contribution in [0.1, 0.15) is 45.7 Å². The number of hydrogen-bond donors (Lipinski definition) is 0. The number of hydrogen-bond acceptors (Lipinski definition) is 1. The van der Waals surface area contributed by atoms with Gasteiger partial charge in [0, 0.05) is 12.1 Å². The topological polar surface area (TPSA) is 20.3 Å². The van der Waals surface area contributed by atoms with Gasteiger partial charge >= 0.3 is 0 Å². The van der Waals surface area contributed by atoms with Crippen LogP contribution in [-0.4, -0.2) is 17.4 Å². The van der Waals surface area contributed by atoms with E-state index in [1.807, 2.05) is 30.0 Å². The molecule has 0 saturated heterocycles. The van der Waals surface area contributed by atoms with Crippen molar-refractivity contribution >= 4 is 5.91 Å². The molecule has 1 unspecified atom stereocenters. The molecule has 0 saturated carbocycles. The van der Waals surface area contributed by atoms with E-state index in [1.165, 1.54) is 11.1 Å². The lowest BCUT2D eigenvalue weighted by molar-refractivity contribution is -0.127. The molecule has 1 aromatic carbocycles. The van der Waals surface area contributed by atoms with E-state index in [4.69, 9.17) is 0 Å². The van der Waals surface area contributed by atoms with Crippen LogP contribution in [-0.2, 0) is 4.79 Å². The molecular weight excluding hydrogens is 234 g/mol. The van der Waals surface area contributed by atoms with Crippen LogP contribution in [0.5, 0.6) is 0 Å². The van der Waals surface area contributed by atoms with Gasteiger partial charge in [0.1, 0.15) is 0 Å². The van der Waals surface area contributed by atoms with E-state index < -0.39 is 0 Å². The van der Waals surface area contributed by atoms with Gasteiger partial charge in [-0.1, -0.05) is 44.2 Å². The van der Waals surface area contributed by atoms with E-state index in [1.54, 1.807) is 0 Å². The van der Waals surface area contributed by atoms with Crippen LogP contribution in [0.4, 0.5) is 0 Å². The first-order chi connectivity index (χ1) is 9.00. The van der Waals surface area contributed by atoms with Crippen molar-refractivity contribution in [1.29, 1.82) is 0 Å². The summed E-state index contributed by atoms with van der Waals surface area (Å²) in [7, 11) is 0. The maximum Gasteiger partial charge on any atom is 0.250 e. The summed E-state index contributed by atoms with van der Waals surface area (Å²) in [5.41, 5.74) is 3.47. The quantitative estimate of drug-likeness (QED) is 0.799. The SMILES string of the molecule is CC1=C(CC(C)C)CN(C(C)c2ccccc2)C1=O. The van der Waals surface area contributed by atoms with Crippen LogP contribution in [0, 0.1) is 5.92 Å². The van der Waals surface area contributed by atoms with Crippen molar-refractivity contribution in [3.8, 4) is 0 Å². The van der Waals surface area contributed by atoms with Crippen molar-refractivity contribution < 1.29 is 4.79 Å². The molecule has 0 aliphatic carbocycles. The van der Waals surface area contributed by atoms with Gasteiger partial charge in [-0.25, -0.2) is 0 Å². The third-order valence-electron chi connectivity index (χ3n) is 3.88. The second-order valence-corrected chi connectivity index (χ2v) is 5.85. The van der Waals surface area contributed by atoms with Crippen molar-refractivity contribution in [2.45, 2.75) is 40.2 Å². The Kier molecular flexibility index (Phi) is 4.08. The first-order valence-corrected chi connectivity index (χ1v) is 7.05. The minimum atomic E-state index is 0.147. The van der Waals surface area contributed by atoms with E-state index in [-0.39, 0.29) is 11.9 Å². The van der Waals surface area contributed by atoms with Crippen LogP contribution in [0.15, 0.2) is 41.5 Å². The number of carbonyl (C=O) groups excluding carboxylic acids is 1. The maximum atomic E-state index is 12.4. The Morgan fingerprint density at radius 1 is 1.16 bits per heavy atom. The molecule has 19 heavy (non-hydrogen) atoms. The second-order valence-electron chi connectivity index (χ2n) is 5.85. The van der Waals surface area contributed by atoms with Crippen molar-refractivity contribution in [2.75, 3.05) is 6.54 Å². The van der Waals surface area contributed by atoms with Crippen LogP contribution in [0.2, 0.25) is 0 Å². The molecule has 1 aliphatic heterocycles. The predicted octanol–water partition coefficient (Wildman–Crippen LogP) is 3.95. The molecule has 1 aromatic rings. The molecule has 0 bridgehead atoms. The van der Waals surface area contributed by atoms with Crippen LogP contribution < -0.4 is 0 Å². The van der Waals surface area contributed by atoms with Crippen LogP contribution in [0.3, 0.4) is 0 Å². The third kappa shape index (κ3) is 2.89. The maximum absolute atomic E-state index is 12.4. The molecule has 102 valence electrons. The first kappa shape index (κ1) is 13.9. The van der Waals surface area contributed by atoms with E-state index >= 15 is 0 Å². The smallest absolute Gasteiger partial charge is 0.250 e. The summed E-state index contributed by atoms with van der Waals surface area (Å²) in [6.45, 7) is 9.28. The molecular formula is C17H23NO. The highest BCUT2D eigenvalue weighted by Gasteiger charge is 2.31. The predicted molar refractivity (Wildman–Crippen MR) is 78.7 cm³/mol. The Labute approximate surface area is 116 Å². The monoisotopic (exact) mass is 257 g/mol. The summed E-state index contributed by atoms with van der Waals surface area (Å²) in [6, 6.07) is 10.4. The third-order valence-corrected chi connectivity index (χ3v) is 3.88. The number of benzene rings is 1. The zero-order valence-electron chi connectivity index (χ0n) is 12.3. The average molecular weight is 257 g/mol. The number of amides is 1. The van der Waals surface area contributed by atoms with E-state index in [2.05, 4.69) is 32.9 Å². The van der Waals surface area contributed by atoms with Crippen molar-refractivity contribution in [1.82, 2.24) is 4.90 Å². The Hall–Kier alpha value is -1.57. The second kappa shape index (κ2) is 5.60. The molecule has 2 nitrogen and oxygen atoms in total. The molecule has 0 spiro atoms. The molecule has 1 amide bonds. The van der Waals surface area contributed by atoms with Gasteiger partial charge in [-0.3, -0.25) is 4.79 Å². The van der Waals surface area contributed by atoms with Gasteiger partial charge in [0.15, 0.2) is 0 Å². The molecule has 0 aromatic heterocycles. The van der Waals surface area contributed by atoms with Gasteiger partial charge < -0.3 is 4.90 Å². The summed E-state index contributed by atoms with van der Waals surface area (Å²) >= 11 is 0. The zero-order chi connectivity index (χ0) is 14.0. The van der Waals surface area contributed by atoms with Gasteiger partial charge in [0.25, 0.3) is 0 Å². The highest BCUT2D eigenvalue weighted by Crippen LogP contribution is 2.31. The van der Waals surface area contributed by atoms with E-state index in [9.17, 15) is 4.79 Å². The van der Waals surface area contributed by atoms with Crippen LogP contribution >= 0.6 is 0 Å². The molecule has 1 atom stereocenters. The number of nitrogens with zero attached hydrogens (tertiary/aromatic N) is 1. The molecule has 1 heterocycles. The lowest BCUT2D eigenvalue weighted by Gasteiger charge is -2.25. The lowest BCUT2D eigenvalue weighted by atomic mass is 10.0. The van der Waals surface area contributed by atoms with Crippen molar-refractivity contribution in [2.24, 2.45) is 5.92 Å². The van der Waals surface area contributed by atoms with E-state index in [0.29, 0.717) is 5.92 Å². The van der Waals surface area contributed by atoms with Gasteiger partial charge in [-0.05, 0) is 37.3 Å². The average Bonchev–Trinajstić information content (AvgIpc) is 2.67. The van der Waals surface area contributed by atoms with Crippen molar-refractivity contribution in [3.63, 3.8) is 0 Å². The molecule has 0 radical (unpaired) electrons. The highest BCUT2D eigenvalue weighted by molar-refractivity contribution is 5.96. The Balaban J connectivity index is 2.15. The molecule has 0 fully saturated rings.